The quantitative estimate of drug-likeness (QED) is 0.0481. The van der Waals surface area contributed by atoms with E-state index in [4.69, 9.17) is 18.9 Å². The van der Waals surface area contributed by atoms with Crippen LogP contribution in [0.5, 0.6) is 0 Å². The Morgan fingerprint density at radius 2 is 0.902 bits per heavy atom. The van der Waals surface area contributed by atoms with Crippen LogP contribution in [-0.2, 0) is 33.3 Å². The molecule has 0 rings (SSSR count). The average molecular weight is 866 g/mol. The Morgan fingerprint density at radius 1 is 0.508 bits per heavy atom. The van der Waals surface area contributed by atoms with Gasteiger partial charge in [-0.05, 0) is 60.3 Å². The van der Waals surface area contributed by atoms with Gasteiger partial charge in [-0.2, -0.15) is 0 Å². The lowest BCUT2D eigenvalue weighted by Gasteiger charge is -2.28. The number of ether oxygens (including phenoxy) is 4. The fourth-order valence-electron chi connectivity index (χ4n) is 7.63. The molecule has 0 heterocycles. The zero-order chi connectivity index (χ0) is 45.3. The molecular formula is C53H103NO7. The first kappa shape index (κ1) is 59.3. The van der Waals surface area contributed by atoms with Crippen LogP contribution < -0.4 is 5.32 Å². The van der Waals surface area contributed by atoms with Crippen molar-refractivity contribution in [1.82, 2.24) is 5.32 Å². The molecule has 0 aliphatic rings. The van der Waals surface area contributed by atoms with Gasteiger partial charge in [0.1, 0.15) is 6.61 Å². The Balaban J connectivity index is 4.56. The van der Waals surface area contributed by atoms with Gasteiger partial charge in [0, 0.05) is 26.2 Å². The fraction of sp³-hybridized carbons (Fsp3) is 0.943. The minimum atomic E-state index is -1.15. The van der Waals surface area contributed by atoms with Crippen LogP contribution in [0.15, 0.2) is 0 Å². The molecule has 61 heavy (non-hydrogen) atoms. The number of unbranched alkanes of at least 4 members (excludes halogenated alkanes) is 29. The monoisotopic (exact) mass is 866 g/mol. The van der Waals surface area contributed by atoms with Gasteiger partial charge in [-0.1, -0.05) is 207 Å². The van der Waals surface area contributed by atoms with Crippen molar-refractivity contribution < 1.29 is 33.3 Å². The molecule has 0 aliphatic carbocycles. The van der Waals surface area contributed by atoms with Crippen LogP contribution in [0.25, 0.3) is 0 Å². The number of carbonyl (C=O) groups is 3. The summed E-state index contributed by atoms with van der Waals surface area (Å²) in [6, 6.07) is 0. The maximum atomic E-state index is 13.3. The van der Waals surface area contributed by atoms with Crippen molar-refractivity contribution >= 4 is 17.8 Å². The number of rotatable bonds is 45. The van der Waals surface area contributed by atoms with Crippen LogP contribution in [0, 0.1) is 5.92 Å². The van der Waals surface area contributed by atoms with Crippen molar-refractivity contribution in [3.05, 3.63) is 0 Å². The van der Waals surface area contributed by atoms with Crippen molar-refractivity contribution in [2.24, 2.45) is 5.92 Å². The molecule has 362 valence electrons. The molecule has 0 radical (unpaired) electrons. The molecule has 0 aromatic heterocycles. The van der Waals surface area contributed by atoms with Gasteiger partial charge in [0.05, 0.1) is 17.1 Å². The first-order valence-corrected chi connectivity index (χ1v) is 26.2. The molecule has 0 saturated heterocycles. The molecule has 0 saturated carbocycles. The highest BCUT2D eigenvalue weighted by atomic mass is 16.6. The zero-order valence-electron chi connectivity index (χ0n) is 41.9. The van der Waals surface area contributed by atoms with E-state index in [9.17, 15) is 14.4 Å². The van der Waals surface area contributed by atoms with Crippen molar-refractivity contribution in [3.63, 3.8) is 0 Å². The Kier molecular flexibility index (Phi) is 39.9. The predicted octanol–water partition coefficient (Wildman–Crippen LogP) is 15.1. The van der Waals surface area contributed by atoms with Gasteiger partial charge in [0.2, 0.25) is 6.10 Å². The molecule has 2 atom stereocenters. The molecule has 8 nitrogen and oxygen atoms in total. The van der Waals surface area contributed by atoms with Crippen molar-refractivity contribution in [2.75, 3.05) is 26.4 Å². The Bertz CT molecular complexity index is 1010. The summed E-state index contributed by atoms with van der Waals surface area (Å²) in [5.41, 5.74) is -0.583. The van der Waals surface area contributed by atoms with E-state index in [0.717, 1.165) is 44.9 Å². The van der Waals surface area contributed by atoms with E-state index in [1.807, 2.05) is 34.6 Å². The van der Waals surface area contributed by atoms with E-state index in [-0.39, 0.29) is 24.2 Å². The minimum absolute atomic E-state index is 0.200. The van der Waals surface area contributed by atoms with Crippen molar-refractivity contribution in [2.45, 2.75) is 291 Å². The molecule has 1 N–H and O–H groups in total. The second-order valence-corrected chi connectivity index (χ2v) is 19.9. The van der Waals surface area contributed by atoms with E-state index in [1.165, 1.54) is 161 Å². The molecule has 1 amide bonds. The average Bonchev–Trinajstić information content (AvgIpc) is 3.21. The van der Waals surface area contributed by atoms with Crippen LogP contribution in [0.2, 0.25) is 0 Å². The normalized spacial score (nSPS) is 13.0. The van der Waals surface area contributed by atoms with Gasteiger partial charge in [0.25, 0.3) is 5.91 Å². The molecule has 0 bridgehead atoms. The number of hydrogen-bond donors (Lipinski definition) is 1. The minimum Gasteiger partial charge on any atom is -0.461 e. The van der Waals surface area contributed by atoms with Gasteiger partial charge in [-0.3, -0.25) is 14.4 Å². The van der Waals surface area contributed by atoms with Crippen LogP contribution in [0.4, 0.5) is 0 Å². The third kappa shape index (κ3) is 42.1. The number of nitrogens with one attached hydrogen (secondary N) is 1. The van der Waals surface area contributed by atoms with Gasteiger partial charge in [0.15, 0.2) is 0 Å². The summed E-state index contributed by atoms with van der Waals surface area (Å²) in [6.07, 6.45) is 39.9. The highest BCUT2D eigenvalue weighted by Gasteiger charge is 2.27. The predicted molar refractivity (Wildman–Crippen MR) is 257 cm³/mol. The Labute approximate surface area is 378 Å². The second-order valence-electron chi connectivity index (χ2n) is 19.9. The molecule has 0 aromatic carbocycles. The van der Waals surface area contributed by atoms with Crippen LogP contribution in [0.1, 0.15) is 274 Å². The smallest absolute Gasteiger partial charge is 0.308 e. The van der Waals surface area contributed by atoms with E-state index in [1.54, 1.807) is 6.92 Å². The highest BCUT2D eigenvalue weighted by Crippen LogP contribution is 2.20. The Hall–Kier alpha value is -1.67. The summed E-state index contributed by atoms with van der Waals surface area (Å²) in [4.78, 5) is 39.1. The number of carbonyl (C=O) groups excluding carboxylic acids is 3. The summed E-state index contributed by atoms with van der Waals surface area (Å²) in [6.45, 7) is 17.7. The maximum absolute atomic E-state index is 13.3. The SMILES string of the molecule is CCCCCCCCCCCCCCCCCCNC(=O)C(COC(=O)C(C)CCOC(C)(C)CCOC(C)(C)C)OC(=O)CCCCCCCCCCCCCCCCC. The maximum Gasteiger partial charge on any atom is 0.308 e. The lowest BCUT2D eigenvalue weighted by atomic mass is 10.0. The number of amides is 1. The molecule has 2 unspecified atom stereocenters. The summed E-state index contributed by atoms with van der Waals surface area (Å²) in [5, 5.41) is 2.95. The molecule has 0 spiro atoms. The van der Waals surface area contributed by atoms with Crippen LogP contribution >= 0.6 is 0 Å². The van der Waals surface area contributed by atoms with Crippen LogP contribution in [-0.4, -0.2) is 61.5 Å². The molecule has 0 fully saturated rings. The largest absolute Gasteiger partial charge is 0.461 e. The van der Waals surface area contributed by atoms with E-state index in [0.29, 0.717) is 26.2 Å². The van der Waals surface area contributed by atoms with Gasteiger partial charge in [-0.25, -0.2) is 0 Å². The third-order valence-electron chi connectivity index (χ3n) is 11.9. The molecule has 8 heteroatoms. The molecular weight excluding hydrogens is 763 g/mol. The topological polar surface area (TPSA) is 100 Å². The molecule has 0 aliphatic heterocycles. The third-order valence-corrected chi connectivity index (χ3v) is 11.9. The lowest BCUT2D eigenvalue weighted by molar-refractivity contribution is -0.166. The van der Waals surface area contributed by atoms with Crippen LogP contribution in [0.3, 0.4) is 0 Å². The van der Waals surface area contributed by atoms with Crippen molar-refractivity contribution in [1.29, 1.82) is 0 Å². The second kappa shape index (κ2) is 41.1. The summed E-state index contributed by atoms with van der Waals surface area (Å²) in [7, 11) is 0. The Morgan fingerprint density at radius 3 is 1.31 bits per heavy atom. The van der Waals surface area contributed by atoms with Gasteiger partial charge >= 0.3 is 11.9 Å². The number of hydrogen-bond acceptors (Lipinski definition) is 7. The van der Waals surface area contributed by atoms with Crippen molar-refractivity contribution in [3.8, 4) is 0 Å². The highest BCUT2D eigenvalue weighted by molar-refractivity contribution is 5.84. The summed E-state index contributed by atoms with van der Waals surface area (Å²) in [5.74, 6) is -1.65. The standard InChI is InChI=1S/C53H103NO7/c1-9-11-13-15-17-19-21-23-25-27-29-31-33-35-37-39-43-54-50(56)48(46-58-51(57)47(3)41-44-60-53(7,8)42-45-59-52(4,5)6)61-49(55)40-38-36-34-32-30-28-26-24-22-20-18-16-14-12-10-2/h47-48H,9-46H2,1-8H3,(H,54,56). The van der Waals surface area contributed by atoms with Gasteiger partial charge in [-0.15, -0.1) is 0 Å². The number of esters is 2. The summed E-state index contributed by atoms with van der Waals surface area (Å²) >= 11 is 0. The fourth-order valence-corrected chi connectivity index (χ4v) is 7.63. The lowest BCUT2D eigenvalue weighted by Crippen LogP contribution is -2.42. The van der Waals surface area contributed by atoms with Gasteiger partial charge < -0.3 is 24.3 Å². The van der Waals surface area contributed by atoms with E-state index >= 15 is 0 Å². The van der Waals surface area contributed by atoms with E-state index < -0.39 is 29.9 Å². The summed E-state index contributed by atoms with van der Waals surface area (Å²) < 4.78 is 23.2. The zero-order valence-corrected chi connectivity index (χ0v) is 41.9. The first-order chi connectivity index (χ1) is 29.3. The molecule has 0 aromatic rings. The first-order valence-electron chi connectivity index (χ1n) is 26.2. The van der Waals surface area contributed by atoms with E-state index in [2.05, 4.69) is 19.2 Å².